The molecule has 0 spiro atoms. The Balaban J connectivity index is 2.26. The van der Waals surface area contributed by atoms with Gasteiger partial charge in [0.25, 0.3) is 5.56 Å². The van der Waals surface area contributed by atoms with Gasteiger partial charge in [0.05, 0.1) is 16.3 Å². The number of nitrogens with zero attached hydrogens (tertiary/aromatic N) is 2. The van der Waals surface area contributed by atoms with Crippen LogP contribution in [0.5, 0.6) is 0 Å². The van der Waals surface area contributed by atoms with E-state index in [9.17, 15) is 4.79 Å². The van der Waals surface area contributed by atoms with Crippen LogP contribution in [0.2, 0.25) is 0 Å². The molecule has 1 aliphatic rings. The van der Waals surface area contributed by atoms with Crippen LogP contribution in [-0.2, 0) is 6.42 Å². The Morgan fingerprint density at radius 2 is 2.11 bits per heavy atom. The molecule has 3 rings (SSSR count). The smallest absolute Gasteiger partial charge is 0.268 e. The van der Waals surface area contributed by atoms with Crippen LogP contribution in [0.25, 0.3) is 5.69 Å². The van der Waals surface area contributed by atoms with Crippen LogP contribution in [0.3, 0.4) is 0 Å². The molecule has 3 nitrogen and oxygen atoms in total. The highest BCUT2D eigenvalue weighted by Gasteiger charge is 2.26. The Morgan fingerprint density at radius 3 is 2.79 bits per heavy atom. The molecule has 0 fully saturated rings. The molecule has 1 aliphatic heterocycles. The number of hydrogen-bond donors (Lipinski definition) is 0. The average Bonchev–Trinajstić information content (AvgIpc) is 2.80. The van der Waals surface area contributed by atoms with Crippen molar-refractivity contribution in [3.63, 3.8) is 0 Å². The van der Waals surface area contributed by atoms with Crippen molar-refractivity contribution in [3.05, 3.63) is 46.4 Å². The molecule has 0 saturated heterocycles. The highest BCUT2D eigenvalue weighted by atomic mass is 32.2. The molecule has 1 aromatic heterocycles. The summed E-state index contributed by atoms with van der Waals surface area (Å²) in [6, 6.07) is 9.71. The zero-order chi connectivity index (χ0) is 13.4. The molecule has 0 amide bonds. The number of aromatic nitrogens is 2. The lowest BCUT2D eigenvalue weighted by atomic mass is 10.2. The topological polar surface area (TPSA) is 34.9 Å². The molecule has 0 unspecified atom stereocenters. The van der Waals surface area contributed by atoms with Gasteiger partial charge in [-0.15, -0.1) is 11.8 Å². The number of rotatable bonds is 2. The maximum absolute atomic E-state index is 12.7. The highest BCUT2D eigenvalue weighted by Crippen LogP contribution is 2.34. The first-order valence-corrected chi connectivity index (χ1v) is 8.23. The average molecular weight is 290 g/mol. The van der Waals surface area contributed by atoms with Crippen molar-refractivity contribution >= 4 is 23.5 Å². The second-order valence-electron chi connectivity index (χ2n) is 4.48. The first-order valence-electron chi connectivity index (χ1n) is 6.12. The molecule has 0 aliphatic carbocycles. The van der Waals surface area contributed by atoms with Crippen molar-refractivity contribution in [1.82, 2.24) is 9.55 Å². The summed E-state index contributed by atoms with van der Waals surface area (Å²) in [6.45, 7) is 2.14. The van der Waals surface area contributed by atoms with Gasteiger partial charge >= 0.3 is 0 Å². The first kappa shape index (κ1) is 12.8. The van der Waals surface area contributed by atoms with Gasteiger partial charge in [0.15, 0.2) is 5.16 Å². The number of fused-ring (bicyclic) bond motifs is 1. The van der Waals surface area contributed by atoms with Crippen LogP contribution in [0.4, 0.5) is 0 Å². The van der Waals surface area contributed by atoms with Crippen molar-refractivity contribution in [2.24, 2.45) is 0 Å². The third kappa shape index (κ3) is 2.21. The third-order valence-electron chi connectivity index (χ3n) is 3.08. The van der Waals surface area contributed by atoms with E-state index in [2.05, 4.69) is 11.9 Å². The zero-order valence-electron chi connectivity index (χ0n) is 10.8. The summed E-state index contributed by atoms with van der Waals surface area (Å²) in [5.74, 6) is 0. The van der Waals surface area contributed by atoms with Gasteiger partial charge < -0.3 is 0 Å². The summed E-state index contributed by atoms with van der Waals surface area (Å²) in [4.78, 5) is 18.2. The van der Waals surface area contributed by atoms with E-state index in [-0.39, 0.29) is 5.56 Å². The minimum atomic E-state index is 0.0647. The second-order valence-corrected chi connectivity index (χ2v) is 6.71. The van der Waals surface area contributed by atoms with E-state index in [0.29, 0.717) is 5.25 Å². The van der Waals surface area contributed by atoms with E-state index in [4.69, 9.17) is 0 Å². The summed E-state index contributed by atoms with van der Waals surface area (Å²) < 4.78 is 1.72. The summed E-state index contributed by atoms with van der Waals surface area (Å²) in [6.07, 6.45) is 2.84. The van der Waals surface area contributed by atoms with E-state index in [1.54, 1.807) is 16.3 Å². The van der Waals surface area contributed by atoms with Crippen LogP contribution in [0.1, 0.15) is 12.6 Å². The fraction of sp³-hybridized carbons (Fsp3) is 0.286. The normalized spacial score (nSPS) is 17.5. The molecule has 0 radical (unpaired) electrons. The fourth-order valence-electron chi connectivity index (χ4n) is 2.24. The van der Waals surface area contributed by atoms with E-state index in [0.717, 1.165) is 27.9 Å². The Kier molecular flexibility index (Phi) is 3.41. The standard InChI is InChI=1S/C14H14N2OS2/c1-9-8-11-12(19-9)13(17)16(14(15-11)18-2)10-6-4-3-5-7-10/h3-7,9H,8H2,1-2H3/t9-/m1/s1. The molecule has 1 aromatic carbocycles. The third-order valence-corrected chi connectivity index (χ3v) is 4.93. The van der Waals surface area contributed by atoms with Crippen LogP contribution in [-0.4, -0.2) is 21.1 Å². The SMILES string of the molecule is CSc1nc2c(c(=O)n1-c1ccccc1)S[C@H](C)C2. The van der Waals surface area contributed by atoms with Crippen molar-refractivity contribution in [3.8, 4) is 5.69 Å². The molecule has 19 heavy (non-hydrogen) atoms. The number of benzene rings is 1. The molecule has 2 aromatic rings. The maximum Gasteiger partial charge on any atom is 0.272 e. The molecular weight excluding hydrogens is 276 g/mol. The van der Waals surface area contributed by atoms with Crippen molar-refractivity contribution in [1.29, 1.82) is 0 Å². The largest absolute Gasteiger partial charge is 0.272 e. The Bertz CT molecular complexity index is 667. The molecule has 0 bridgehead atoms. The fourth-order valence-corrected chi connectivity index (χ4v) is 3.91. The second kappa shape index (κ2) is 5.06. The minimum Gasteiger partial charge on any atom is -0.268 e. The van der Waals surface area contributed by atoms with E-state index < -0.39 is 0 Å². The van der Waals surface area contributed by atoms with E-state index >= 15 is 0 Å². The lowest BCUT2D eigenvalue weighted by molar-refractivity contribution is 0.732. The van der Waals surface area contributed by atoms with Crippen LogP contribution < -0.4 is 5.56 Å². The molecule has 1 atom stereocenters. The van der Waals surface area contributed by atoms with Crippen molar-refractivity contribution in [2.45, 2.75) is 28.6 Å². The lowest BCUT2D eigenvalue weighted by Gasteiger charge is -2.11. The highest BCUT2D eigenvalue weighted by molar-refractivity contribution is 8.00. The molecule has 5 heteroatoms. The summed E-state index contributed by atoms with van der Waals surface area (Å²) in [5.41, 5.74) is 1.90. The van der Waals surface area contributed by atoms with Gasteiger partial charge in [-0.25, -0.2) is 4.98 Å². The Labute approximate surface area is 120 Å². The van der Waals surface area contributed by atoms with Gasteiger partial charge in [-0.2, -0.15) is 0 Å². The van der Waals surface area contributed by atoms with Crippen molar-refractivity contribution in [2.75, 3.05) is 6.26 Å². The number of thioether (sulfide) groups is 2. The van der Waals surface area contributed by atoms with E-state index in [1.807, 2.05) is 36.6 Å². The molecule has 0 N–H and O–H groups in total. The van der Waals surface area contributed by atoms with Gasteiger partial charge in [0.1, 0.15) is 0 Å². The number of para-hydroxylation sites is 1. The Morgan fingerprint density at radius 1 is 1.37 bits per heavy atom. The van der Waals surface area contributed by atoms with Crippen LogP contribution in [0, 0.1) is 0 Å². The van der Waals surface area contributed by atoms with Gasteiger partial charge in [-0.1, -0.05) is 36.9 Å². The van der Waals surface area contributed by atoms with Gasteiger partial charge in [0, 0.05) is 11.7 Å². The maximum atomic E-state index is 12.7. The molecule has 2 heterocycles. The quantitative estimate of drug-likeness (QED) is 0.629. The van der Waals surface area contributed by atoms with Crippen molar-refractivity contribution < 1.29 is 0 Å². The monoisotopic (exact) mass is 290 g/mol. The lowest BCUT2D eigenvalue weighted by Crippen LogP contribution is -2.23. The van der Waals surface area contributed by atoms with Gasteiger partial charge in [-0.05, 0) is 18.4 Å². The predicted molar refractivity (Wildman–Crippen MR) is 80.6 cm³/mol. The van der Waals surface area contributed by atoms with Crippen LogP contribution in [0.15, 0.2) is 45.2 Å². The summed E-state index contributed by atoms with van der Waals surface area (Å²) in [7, 11) is 0. The molecule has 0 saturated carbocycles. The first-order chi connectivity index (χ1) is 9.20. The summed E-state index contributed by atoms with van der Waals surface area (Å²) in [5, 5.41) is 1.21. The summed E-state index contributed by atoms with van der Waals surface area (Å²) >= 11 is 3.15. The molecule has 98 valence electrons. The van der Waals surface area contributed by atoms with Crippen LogP contribution >= 0.6 is 23.5 Å². The van der Waals surface area contributed by atoms with E-state index in [1.165, 1.54) is 11.8 Å². The molecular formula is C14H14N2OS2. The van der Waals surface area contributed by atoms with Gasteiger partial charge in [-0.3, -0.25) is 9.36 Å². The predicted octanol–water partition coefficient (Wildman–Crippen LogP) is 2.99. The minimum absolute atomic E-state index is 0.0647. The Hall–Kier alpha value is -1.20. The zero-order valence-corrected chi connectivity index (χ0v) is 12.4. The number of hydrogen-bond acceptors (Lipinski definition) is 4. The van der Waals surface area contributed by atoms with Gasteiger partial charge in [0.2, 0.25) is 0 Å².